The van der Waals surface area contributed by atoms with Crippen LogP contribution in [0.5, 0.6) is 5.75 Å². The van der Waals surface area contributed by atoms with E-state index >= 15 is 0 Å². The van der Waals surface area contributed by atoms with E-state index in [1.807, 2.05) is 6.92 Å². The van der Waals surface area contributed by atoms with Gasteiger partial charge in [0.25, 0.3) is 0 Å². The van der Waals surface area contributed by atoms with Gasteiger partial charge in [-0.1, -0.05) is 38.1 Å². The molecule has 0 saturated heterocycles. The van der Waals surface area contributed by atoms with E-state index in [-0.39, 0.29) is 17.2 Å². The fourth-order valence-corrected chi connectivity index (χ4v) is 2.94. The van der Waals surface area contributed by atoms with Gasteiger partial charge in [-0.2, -0.15) is 0 Å². The van der Waals surface area contributed by atoms with Crippen molar-refractivity contribution in [3.63, 3.8) is 0 Å². The summed E-state index contributed by atoms with van der Waals surface area (Å²) in [6.45, 7) is 7.01. The van der Waals surface area contributed by atoms with E-state index in [9.17, 15) is 25.2 Å². The molecule has 148 valence electrons. The lowest BCUT2D eigenvalue weighted by atomic mass is 9.93. The summed E-state index contributed by atoms with van der Waals surface area (Å²) in [5.74, 6) is -1.47. The number of aryl methyl sites for hydroxylation is 1. The molecule has 0 fully saturated rings. The molecule has 0 aliphatic carbocycles. The summed E-state index contributed by atoms with van der Waals surface area (Å²) in [6, 6.07) is 3.32. The molecular weight excluding hydrogens is 348 g/mol. The summed E-state index contributed by atoms with van der Waals surface area (Å²) in [4.78, 5) is 12.1. The summed E-state index contributed by atoms with van der Waals surface area (Å²) in [6.07, 6.45) is 1.40. The lowest BCUT2D eigenvalue weighted by molar-refractivity contribution is -0.144. The standard InChI is InChI=1S/C21H28O6/c1-11-9-15-7-5-13(3)19(24)20(25)16(22)8-6-12(2)14(4)27-21(26)18(15)17(23)10-11/h5-10,12-14,19-21,23-26H,1-4H3/b7-5+,8-6-/t12-,13?,14+,19?,20?,21?/m1/s1. The van der Waals surface area contributed by atoms with Gasteiger partial charge in [-0.25, -0.2) is 0 Å². The minimum Gasteiger partial charge on any atom is -0.507 e. The highest BCUT2D eigenvalue weighted by Gasteiger charge is 2.27. The van der Waals surface area contributed by atoms with Crippen LogP contribution in [0, 0.1) is 18.8 Å². The highest BCUT2D eigenvalue weighted by molar-refractivity contribution is 5.93. The summed E-state index contributed by atoms with van der Waals surface area (Å²) in [5, 5.41) is 41.3. The largest absolute Gasteiger partial charge is 0.507 e. The molecule has 1 aromatic carbocycles. The first-order chi connectivity index (χ1) is 12.6. The number of aromatic hydroxyl groups is 1. The summed E-state index contributed by atoms with van der Waals surface area (Å²) in [7, 11) is 0. The smallest absolute Gasteiger partial charge is 0.186 e. The van der Waals surface area contributed by atoms with Crippen LogP contribution in [0.4, 0.5) is 0 Å². The van der Waals surface area contributed by atoms with E-state index in [1.165, 1.54) is 12.1 Å². The van der Waals surface area contributed by atoms with Crippen LogP contribution < -0.4 is 0 Å². The number of hydrogen-bond donors (Lipinski definition) is 4. The second-order valence-electron chi connectivity index (χ2n) is 7.25. The van der Waals surface area contributed by atoms with Gasteiger partial charge < -0.3 is 25.2 Å². The maximum atomic E-state index is 12.1. The molecule has 1 aliphatic rings. The number of ketones is 1. The van der Waals surface area contributed by atoms with Crippen molar-refractivity contribution in [3.05, 3.63) is 47.1 Å². The third-order valence-corrected chi connectivity index (χ3v) is 4.96. The molecule has 4 unspecified atom stereocenters. The minimum absolute atomic E-state index is 0.0898. The van der Waals surface area contributed by atoms with E-state index in [0.717, 1.165) is 5.56 Å². The molecule has 6 atom stereocenters. The number of fused-ring (bicyclic) bond motifs is 1. The average Bonchev–Trinajstić information content (AvgIpc) is 2.60. The number of rotatable bonds is 0. The maximum absolute atomic E-state index is 12.1. The molecule has 0 spiro atoms. The van der Waals surface area contributed by atoms with Gasteiger partial charge in [0.05, 0.1) is 17.8 Å². The summed E-state index contributed by atoms with van der Waals surface area (Å²) < 4.78 is 5.65. The number of phenolic OH excluding ortho intramolecular Hbond substituents is 1. The van der Waals surface area contributed by atoms with E-state index in [2.05, 4.69) is 0 Å². The van der Waals surface area contributed by atoms with Crippen LogP contribution in [0.3, 0.4) is 0 Å². The SMILES string of the molecule is Cc1cc(O)c2c(c1)/C=C/C(C)C(O)C(O)C(=O)/C=C\[C@@H](C)[C@H](C)OC2O. The molecule has 1 aliphatic heterocycles. The molecule has 27 heavy (non-hydrogen) atoms. The predicted molar refractivity (Wildman–Crippen MR) is 102 cm³/mol. The van der Waals surface area contributed by atoms with Gasteiger partial charge in [-0.05, 0) is 37.1 Å². The molecule has 6 heteroatoms. The second kappa shape index (κ2) is 8.80. The van der Waals surface area contributed by atoms with E-state index in [1.54, 1.807) is 45.1 Å². The summed E-state index contributed by atoms with van der Waals surface area (Å²) in [5.41, 5.74) is 1.56. The number of phenols is 1. The van der Waals surface area contributed by atoms with Crippen molar-refractivity contribution in [1.82, 2.24) is 0 Å². The molecule has 6 nitrogen and oxygen atoms in total. The van der Waals surface area contributed by atoms with Gasteiger partial charge in [-0.3, -0.25) is 4.79 Å². The lowest BCUT2D eigenvalue weighted by Crippen LogP contribution is -2.37. The van der Waals surface area contributed by atoms with Crippen LogP contribution in [-0.2, 0) is 9.53 Å². The van der Waals surface area contributed by atoms with Gasteiger partial charge in [0, 0.05) is 11.8 Å². The van der Waals surface area contributed by atoms with E-state index < -0.39 is 36.3 Å². The Morgan fingerprint density at radius 1 is 0.963 bits per heavy atom. The molecule has 0 saturated carbocycles. The number of aliphatic hydroxyl groups excluding tert-OH is 3. The van der Waals surface area contributed by atoms with Gasteiger partial charge in [-0.15, -0.1) is 0 Å². The molecule has 1 aromatic rings. The Bertz CT molecular complexity index is 738. The fraction of sp³-hybridized carbons (Fsp3) is 0.476. The van der Waals surface area contributed by atoms with Gasteiger partial charge in [0.1, 0.15) is 11.9 Å². The van der Waals surface area contributed by atoms with Gasteiger partial charge in [0.2, 0.25) is 0 Å². The van der Waals surface area contributed by atoms with Crippen LogP contribution in [0.15, 0.2) is 30.4 Å². The zero-order valence-electron chi connectivity index (χ0n) is 16.0. The van der Waals surface area contributed by atoms with Crippen molar-refractivity contribution in [1.29, 1.82) is 0 Å². The number of benzene rings is 1. The quantitative estimate of drug-likeness (QED) is 0.553. The van der Waals surface area contributed by atoms with Crippen molar-refractivity contribution in [2.45, 2.75) is 52.3 Å². The Morgan fingerprint density at radius 2 is 1.59 bits per heavy atom. The van der Waals surface area contributed by atoms with Crippen molar-refractivity contribution in [3.8, 4) is 5.75 Å². The van der Waals surface area contributed by atoms with Crippen LogP contribution in [0.1, 0.15) is 43.8 Å². The number of ether oxygens (including phenoxy) is 1. The third-order valence-electron chi connectivity index (χ3n) is 4.96. The Balaban J connectivity index is 2.53. The van der Waals surface area contributed by atoms with E-state index in [4.69, 9.17) is 4.74 Å². The first-order valence-electron chi connectivity index (χ1n) is 9.05. The molecule has 4 N–H and O–H groups in total. The number of carbonyl (C=O) groups excluding carboxylic acids is 1. The normalized spacial score (nSPS) is 35.1. The first kappa shape index (κ1) is 21.3. The predicted octanol–water partition coefficient (Wildman–Crippen LogP) is 2.24. The molecule has 0 radical (unpaired) electrons. The van der Waals surface area contributed by atoms with Gasteiger partial charge in [0.15, 0.2) is 12.1 Å². The Hall–Kier alpha value is -1.99. The second-order valence-corrected chi connectivity index (χ2v) is 7.25. The van der Waals surface area contributed by atoms with Crippen molar-refractivity contribution < 1.29 is 30.0 Å². The number of carbonyl (C=O) groups is 1. The topological polar surface area (TPSA) is 107 Å². The first-order valence-corrected chi connectivity index (χ1v) is 9.05. The van der Waals surface area contributed by atoms with Crippen molar-refractivity contribution >= 4 is 11.9 Å². The fourth-order valence-electron chi connectivity index (χ4n) is 2.94. The van der Waals surface area contributed by atoms with Gasteiger partial charge >= 0.3 is 0 Å². The highest BCUT2D eigenvalue weighted by atomic mass is 16.6. The molecular formula is C21H28O6. The van der Waals surface area contributed by atoms with Crippen LogP contribution >= 0.6 is 0 Å². The zero-order chi connectivity index (χ0) is 20.3. The third kappa shape index (κ3) is 5.05. The van der Waals surface area contributed by atoms with Crippen molar-refractivity contribution in [2.24, 2.45) is 11.8 Å². The molecule has 0 bridgehead atoms. The molecule has 2 rings (SSSR count). The minimum atomic E-state index is -1.54. The van der Waals surface area contributed by atoms with Crippen LogP contribution in [0.25, 0.3) is 6.08 Å². The van der Waals surface area contributed by atoms with Crippen LogP contribution in [0.2, 0.25) is 0 Å². The Morgan fingerprint density at radius 3 is 2.26 bits per heavy atom. The van der Waals surface area contributed by atoms with Crippen LogP contribution in [-0.4, -0.2) is 44.5 Å². The van der Waals surface area contributed by atoms with E-state index in [0.29, 0.717) is 5.56 Å². The lowest BCUT2D eigenvalue weighted by Gasteiger charge is -2.25. The summed E-state index contributed by atoms with van der Waals surface area (Å²) >= 11 is 0. The molecule has 1 heterocycles. The molecule has 0 aromatic heterocycles. The number of hydrogen-bond acceptors (Lipinski definition) is 6. The van der Waals surface area contributed by atoms with Crippen molar-refractivity contribution in [2.75, 3.05) is 0 Å². The zero-order valence-corrected chi connectivity index (χ0v) is 16.0. The highest BCUT2D eigenvalue weighted by Crippen LogP contribution is 2.33. The number of aliphatic hydroxyl groups is 3. The molecule has 0 amide bonds. The monoisotopic (exact) mass is 376 g/mol. The Kier molecular flexibility index (Phi) is 6.95. The maximum Gasteiger partial charge on any atom is 0.186 e. The Labute approximate surface area is 159 Å². The average molecular weight is 376 g/mol.